The van der Waals surface area contributed by atoms with Gasteiger partial charge in [-0.2, -0.15) is 13.2 Å². The molecule has 0 aliphatic carbocycles. The summed E-state index contributed by atoms with van der Waals surface area (Å²) in [6.07, 6.45) is -5.44. The summed E-state index contributed by atoms with van der Waals surface area (Å²) in [4.78, 5) is 0. The van der Waals surface area contributed by atoms with Crippen molar-refractivity contribution in [3.63, 3.8) is 0 Å². The van der Waals surface area contributed by atoms with Gasteiger partial charge in [-0.15, -0.1) is 0 Å². The first kappa shape index (κ1) is 14.9. The quantitative estimate of drug-likeness (QED) is 0.848. The predicted molar refractivity (Wildman–Crippen MR) is 71.7 cm³/mol. The van der Waals surface area contributed by atoms with Crippen LogP contribution >= 0.6 is 11.6 Å². The van der Waals surface area contributed by atoms with Gasteiger partial charge in [-0.1, -0.05) is 35.9 Å². The third-order valence-electron chi connectivity index (χ3n) is 3.09. The molecule has 0 aliphatic rings. The topological polar surface area (TPSA) is 20.2 Å². The number of benzene rings is 2. The van der Waals surface area contributed by atoms with E-state index < -0.39 is 17.8 Å². The van der Waals surface area contributed by atoms with E-state index in [0.29, 0.717) is 21.7 Å². The minimum absolute atomic E-state index is 0.368. The van der Waals surface area contributed by atoms with Crippen molar-refractivity contribution in [3.05, 3.63) is 69.7 Å². The highest BCUT2D eigenvalue weighted by Crippen LogP contribution is 2.34. The lowest BCUT2D eigenvalue weighted by Gasteiger charge is -2.17. The van der Waals surface area contributed by atoms with Gasteiger partial charge in [-0.25, -0.2) is 0 Å². The van der Waals surface area contributed by atoms with Gasteiger partial charge in [0.2, 0.25) is 0 Å². The first-order valence-electron chi connectivity index (χ1n) is 5.91. The molecule has 1 N–H and O–H groups in total. The number of hydrogen-bond acceptors (Lipinski definition) is 1. The fourth-order valence-electron chi connectivity index (χ4n) is 2.02. The van der Waals surface area contributed by atoms with Gasteiger partial charge in [-0.05, 0) is 36.2 Å². The first-order valence-corrected chi connectivity index (χ1v) is 6.28. The Balaban J connectivity index is 2.42. The molecule has 0 heterocycles. The molecule has 2 aromatic rings. The van der Waals surface area contributed by atoms with Gasteiger partial charge in [0, 0.05) is 10.6 Å². The third-order valence-corrected chi connectivity index (χ3v) is 3.44. The zero-order valence-corrected chi connectivity index (χ0v) is 11.3. The highest BCUT2D eigenvalue weighted by Gasteiger charge is 2.31. The van der Waals surface area contributed by atoms with Crippen LogP contribution in [0.4, 0.5) is 13.2 Å². The molecule has 1 atom stereocenters. The fraction of sp³-hybridized carbons (Fsp3) is 0.200. The van der Waals surface area contributed by atoms with Crippen LogP contribution in [0.5, 0.6) is 0 Å². The van der Waals surface area contributed by atoms with Crippen LogP contribution < -0.4 is 0 Å². The minimum Gasteiger partial charge on any atom is -0.384 e. The van der Waals surface area contributed by atoms with Gasteiger partial charge < -0.3 is 5.11 Å². The van der Waals surface area contributed by atoms with Gasteiger partial charge in [0.25, 0.3) is 0 Å². The number of halogens is 4. The highest BCUT2D eigenvalue weighted by atomic mass is 35.5. The Morgan fingerprint density at radius 1 is 1.05 bits per heavy atom. The summed E-state index contributed by atoms with van der Waals surface area (Å²) in [5.41, 5.74) is 0.514. The van der Waals surface area contributed by atoms with Crippen molar-refractivity contribution >= 4 is 11.6 Å². The van der Waals surface area contributed by atoms with Crippen LogP contribution in [0.3, 0.4) is 0 Å². The van der Waals surface area contributed by atoms with Gasteiger partial charge in [0.1, 0.15) is 6.10 Å². The normalized spacial score (nSPS) is 13.3. The van der Waals surface area contributed by atoms with E-state index in [4.69, 9.17) is 11.6 Å². The van der Waals surface area contributed by atoms with E-state index in [1.807, 2.05) is 0 Å². The van der Waals surface area contributed by atoms with Crippen molar-refractivity contribution in [2.75, 3.05) is 0 Å². The number of hydrogen-bond donors (Lipinski definition) is 1. The van der Waals surface area contributed by atoms with E-state index in [0.717, 1.165) is 12.1 Å². The molecule has 0 aliphatic heterocycles. The second-order valence-electron chi connectivity index (χ2n) is 4.49. The van der Waals surface area contributed by atoms with Crippen LogP contribution in [-0.4, -0.2) is 5.11 Å². The number of alkyl halides is 3. The largest absolute Gasteiger partial charge is 0.416 e. The number of rotatable bonds is 2. The van der Waals surface area contributed by atoms with Crippen LogP contribution in [-0.2, 0) is 6.18 Å². The lowest BCUT2D eigenvalue weighted by molar-refractivity contribution is -0.137. The summed E-state index contributed by atoms with van der Waals surface area (Å²) in [7, 11) is 0. The molecule has 1 nitrogen and oxygen atoms in total. The molecule has 0 saturated heterocycles. The van der Waals surface area contributed by atoms with Crippen LogP contribution in [0.1, 0.15) is 28.4 Å². The van der Waals surface area contributed by atoms with Crippen molar-refractivity contribution < 1.29 is 18.3 Å². The van der Waals surface area contributed by atoms with Gasteiger partial charge in [-0.3, -0.25) is 0 Å². The summed E-state index contributed by atoms with van der Waals surface area (Å²) in [5.74, 6) is 0. The zero-order valence-electron chi connectivity index (χ0n) is 10.6. The molecule has 2 rings (SSSR count). The Morgan fingerprint density at radius 3 is 2.25 bits per heavy atom. The molecule has 1 unspecified atom stereocenters. The van der Waals surface area contributed by atoms with Gasteiger partial charge in [0.15, 0.2) is 0 Å². The van der Waals surface area contributed by atoms with Crippen LogP contribution in [0.15, 0.2) is 42.5 Å². The van der Waals surface area contributed by atoms with Crippen LogP contribution in [0.25, 0.3) is 0 Å². The average Bonchev–Trinajstić information content (AvgIpc) is 2.37. The zero-order chi connectivity index (χ0) is 14.9. The van der Waals surface area contributed by atoms with E-state index >= 15 is 0 Å². The minimum atomic E-state index is -4.39. The van der Waals surface area contributed by atoms with E-state index in [9.17, 15) is 18.3 Å². The predicted octanol–water partition coefficient (Wildman–Crippen LogP) is 4.75. The smallest absolute Gasteiger partial charge is 0.384 e. The first-order chi connectivity index (χ1) is 9.30. The number of aryl methyl sites for hydroxylation is 1. The van der Waals surface area contributed by atoms with E-state index in [2.05, 4.69) is 0 Å². The second kappa shape index (κ2) is 5.46. The Bertz CT molecular complexity index is 623. The fourth-order valence-corrected chi connectivity index (χ4v) is 2.26. The molecular weight excluding hydrogens is 289 g/mol. The van der Waals surface area contributed by atoms with Crippen molar-refractivity contribution in [3.8, 4) is 0 Å². The maximum atomic E-state index is 12.6. The van der Waals surface area contributed by atoms with Crippen LogP contribution in [0, 0.1) is 6.92 Å². The van der Waals surface area contributed by atoms with Crippen molar-refractivity contribution in [2.24, 2.45) is 0 Å². The molecule has 0 bridgehead atoms. The monoisotopic (exact) mass is 300 g/mol. The van der Waals surface area contributed by atoms with Gasteiger partial charge >= 0.3 is 6.18 Å². The average molecular weight is 301 g/mol. The molecule has 0 saturated carbocycles. The number of aliphatic hydroxyl groups excluding tert-OH is 1. The summed E-state index contributed by atoms with van der Waals surface area (Å²) in [5, 5.41) is 10.7. The summed E-state index contributed by atoms with van der Waals surface area (Å²) in [6.45, 7) is 1.53. The van der Waals surface area contributed by atoms with Crippen LogP contribution in [0.2, 0.25) is 5.02 Å². The Labute approximate surface area is 119 Å². The summed E-state index contributed by atoms with van der Waals surface area (Å²) >= 11 is 5.99. The molecule has 0 spiro atoms. The molecule has 5 heteroatoms. The molecule has 20 heavy (non-hydrogen) atoms. The second-order valence-corrected chi connectivity index (χ2v) is 4.90. The Morgan fingerprint density at radius 2 is 1.70 bits per heavy atom. The molecule has 0 amide bonds. The molecule has 0 aromatic heterocycles. The maximum absolute atomic E-state index is 12.6. The van der Waals surface area contributed by atoms with E-state index in [1.165, 1.54) is 13.0 Å². The highest BCUT2D eigenvalue weighted by molar-refractivity contribution is 6.31. The SMILES string of the molecule is Cc1cc(C(F)(F)F)ccc1C(O)c1ccccc1Cl. The van der Waals surface area contributed by atoms with Crippen molar-refractivity contribution in [2.45, 2.75) is 19.2 Å². The van der Waals surface area contributed by atoms with E-state index in [1.54, 1.807) is 24.3 Å². The molecule has 0 radical (unpaired) electrons. The lowest BCUT2D eigenvalue weighted by atomic mass is 9.96. The summed E-state index contributed by atoms with van der Waals surface area (Å²) in [6, 6.07) is 9.97. The lowest BCUT2D eigenvalue weighted by Crippen LogP contribution is -2.08. The van der Waals surface area contributed by atoms with Crippen molar-refractivity contribution in [1.82, 2.24) is 0 Å². The van der Waals surface area contributed by atoms with Gasteiger partial charge in [0.05, 0.1) is 5.56 Å². The maximum Gasteiger partial charge on any atom is 0.416 e. The Kier molecular flexibility index (Phi) is 4.06. The Hall–Kier alpha value is -1.52. The molecule has 0 fully saturated rings. The molecular formula is C15H12ClF3O. The third kappa shape index (κ3) is 2.97. The standard InChI is InChI=1S/C15H12ClF3O/c1-9-8-10(15(17,18)19)6-7-11(9)14(20)12-4-2-3-5-13(12)16/h2-8,14,20H,1H3. The molecule has 2 aromatic carbocycles. The molecule has 106 valence electrons. The van der Waals surface area contributed by atoms with E-state index in [-0.39, 0.29) is 0 Å². The van der Waals surface area contributed by atoms with Crippen molar-refractivity contribution in [1.29, 1.82) is 0 Å². The number of aliphatic hydroxyl groups is 1. The summed E-state index contributed by atoms with van der Waals surface area (Å²) < 4.78 is 37.8.